The first kappa shape index (κ1) is 18.9. The molecule has 2 aromatic rings. The standard InChI is InChI=1S/C18H19N3O5S/c22-16-11-5-4-9-14(16)17(23)19-20-18(24)15-10-6-12-21(15)27(25,26)13-7-2-1-3-8-13/h1-5,7-9,11,15,22H,6,10,12H2,(H,19,23)(H,20,24). The Morgan fingerprint density at radius 1 is 1.00 bits per heavy atom. The third-order valence-corrected chi connectivity index (χ3v) is 6.23. The molecule has 27 heavy (non-hydrogen) atoms. The number of nitrogens with one attached hydrogen (secondary N) is 2. The number of amides is 2. The van der Waals surface area contributed by atoms with E-state index in [1.165, 1.54) is 24.3 Å². The van der Waals surface area contributed by atoms with Gasteiger partial charge in [-0.3, -0.25) is 20.4 Å². The minimum Gasteiger partial charge on any atom is -0.507 e. The highest BCUT2D eigenvalue weighted by molar-refractivity contribution is 7.89. The van der Waals surface area contributed by atoms with Crippen LogP contribution in [0.3, 0.4) is 0 Å². The molecule has 3 N–H and O–H groups in total. The predicted octanol–water partition coefficient (Wildman–Crippen LogP) is 1.01. The van der Waals surface area contributed by atoms with Gasteiger partial charge in [-0.2, -0.15) is 4.31 Å². The van der Waals surface area contributed by atoms with E-state index in [0.29, 0.717) is 12.8 Å². The lowest BCUT2D eigenvalue weighted by Crippen LogP contribution is -2.51. The van der Waals surface area contributed by atoms with Gasteiger partial charge in [0.1, 0.15) is 11.8 Å². The van der Waals surface area contributed by atoms with Gasteiger partial charge in [-0.05, 0) is 37.1 Å². The number of rotatable bonds is 4. The second-order valence-corrected chi connectivity index (χ2v) is 7.94. The van der Waals surface area contributed by atoms with Gasteiger partial charge in [0.2, 0.25) is 10.0 Å². The smallest absolute Gasteiger partial charge is 0.273 e. The van der Waals surface area contributed by atoms with Crippen LogP contribution in [0.5, 0.6) is 5.75 Å². The van der Waals surface area contributed by atoms with Crippen LogP contribution in [0.1, 0.15) is 23.2 Å². The van der Waals surface area contributed by atoms with Gasteiger partial charge < -0.3 is 5.11 Å². The molecule has 142 valence electrons. The molecule has 0 aromatic heterocycles. The molecule has 1 unspecified atom stereocenters. The molecule has 0 radical (unpaired) electrons. The van der Waals surface area contributed by atoms with Gasteiger partial charge in [0.05, 0.1) is 10.5 Å². The van der Waals surface area contributed by atoms with Gasteiger partial charge in [-0.25, -0.2) is 8.42 Å². The van der Waals surface area contributed by atoms with Crippen molar-refractivity contribution < 1.29 is 23.1 Å². The van der Waals surface area contributed by atoms with Crippen LogP contribution in [0.2, 0.25) is 0 Å². The fourth-order valence-corrected chi connectivity index (χ4v) is 4.63. The summed E-state index contributed by atoms with van der Waals surface area (Å²) in [6.07, 6.45) is 0.891. The van der Waals surface area contributed by atoms with Crippen LogP contribution in [0.15, 0.2) is 59.5 Å². The first-order valence-corrected chi connectivity index (χ1v) is 9.80. The minimum atomic E-state index is -3.81. The number of nitrogens with zero attached hydrogens (tertiary/aromatic N) is 1. The Morgan fingerprint density at radius 3 is 2.37 bits per heavy atom. The number of carbonyl (C=O) groups excluding carboxylic acids is 2. The maximum Gasteiger partial charge on any atom is 0.273 e. The first-order chi connectivity index (χ1) is 12.9. The number of benzene rings is 2. The normalized spacial score (nSPS) is 17.4. The molecule has 1 heterocycles. The van der Waals surface area contributed by atoms with Crippen molar-refractivity contribution >= 4 is 21.8 Å². The average molecular weight is 389 g/mol. The number of para-hydroxylation sites is 1. The van der Waals surface area contributed by atoms with Crippen molar-refractivity contribution in [2.75, 3.05) is 6.54 Å². The molecule has 2 aromatic carbocycles. The molecule has 0 saturated carbocycles. The number of hydrazine groups is 1. The van der Waals surface area contributed by atoms with Crippen molar-refractivity contribution in [3.05, 3.63) is 60.2 Å². The summed E-state index contributed by atoms with van der Waals surface area (Å²) >= 11 is 0. The molecule has 0 bridgehead atoms. The summed E-state index contributed by atoms with van der Waals surface area (Å²) in [5, 5.41) is 9.67. The molecule has 8 nitrogen and oxygen atoms in total. The van der Waals surface area contributed by atoms with Crippen LogP contribution in [0.4, 0.5) is 0 Å². The largest absolute Gasteiger partial charge is 0.507 e. The molecule has 2 amide bonds. The van der Waals surface area contributed by atoms with Gasteiger partial charge in [0.15, 0.2) is 0 Å². The van der Waals surface area contributed by atoms with Crippen molar-refractivity contribution in [1.29, 1.82) is 0 Å². The number of phenols is 1. The fourth-order valence-electron chi connectivity index (χ4n) is 2.95. The second kappa shape index (κ2) is 7.77. The highest BCUT2D eigenvalue weighted by Gasteiger charge is 2.39. The Morgan fingerprint density at radius 2 is 1.67 bits per heavy atom. The van der Waals surface area contributed by atoms with E-state index in [-0.39, 0.29) is 22.8 Å². The number of carbonyl (C=O) groups is 2. The van der Waals surface area contributed by atoms with Crippen molar-refractivity contribution in [1.82, 2.24) is 15.2 Å². The third kappa shape index (κ3) is 3.93. The zero-order valence-electron chi connectivity index (χ0n) is 14.3. The SMILES string of the molecule is O=C(NNC(=O)C1CCCN1S(=O)(=O)c1ccccc1)c1ccccc1O. The van der Waals surface area contributed by atoms with Crippen molar-refractivity contribution in [2.24, 2.45) is 0 Å². The molecule has 3 rings (SSSR count). The quantitative estimate of drug-likeness (QED) is 0.675. The fraction of sp³-hybridized carbons (Fsp3) is 0.222. The maximum absolute atomic E-state index is 12.8. The number of hydrogen-bond donors (Lipinski definition) is 3. The van der Waals surface area contributed by atoms with E-state index in [0.717, 1.165) is 4.31 Å². The summed E-state index contributed by atoms with van der Waals surface area (Å²) in [5.41, 5.74) is 4.45. The van der Waals surface area contributed by atoms with Crippen LogP contribution in [-0.4, -0.2) is 42.2 Å². The van der Waals surface area contributed by atoms with E-state index in [4.69, 9.17) is 0 Å². The van der Waals surface area contributed by atoms with Gasteiger partial charge in [-0.15, -0.1) is 0 Å². The van der Waals surface area contributed by atoms with Crippen molar-refractivity contribution in [2.45, 2.75) is 23.8 Å². The Balaban J connectivity index is 1.69. The van der Waals surface area contributed by atoms with E-state index in [1.54, 1.807) is 30.3 Å². The minimum absolute atomic E-state index is 0.00187. The number of aromatic hydroxyl groups is 1. The molecule has 1 atom stereocenters. The Hall–Kier alpha value is -2.91. The molecule has 1 saturated heterocycles. The topological polar surface area (TPSA) is 116 Å². The molecule has 1 aliphatic heterocycles. The molecule has 1 fully saturated rings. The third-order valence-electron chi connectivity index (χ3n) is 4.30. The Labute approximate surface area is 156 Å². The van der Waals surface area contributed by atoms with Crippen LogP contribution in [-0.2, 0) is 14.8 Å². The molecule has 0 spiro atoms. The Bertz CT molecular complexity index is 946. The van der Waals surface area contributed by atoms with Crippen molar-refractivity contribution in [3.8, 4) is 5.75 Å². The number of hydrogen-bond acceptors (Lipinski definition) is 5. The molecular weight excluding hydrogens is 370 g/mol. The second-order valence-electron chi connectivity index (χ2n) is 6.05. The monoisotopic (exact) mass is 389 g/mol. The van der Waals surface area contributed by atoms with E-state index in [9.17, 15) is 23.1 Å². The highest BCUT2D eigenvalue weighted by atomic mass is 32.2. The van der Waals surface area contributed by atoms with E-state index in [1.807, 2.05) is 0 Å². The Kier molecular flexibility index (Phi) is 5.43. The van der Waals surface area contributed by atoms with Crippen LogP contribution in [0.25, 0.3) is 0 Å². The lowest BCUT2D eigenvalue weighted by atomic mass is 10.2. The van der Waals surface area contributed by atoms with Gasteiger partial charge in [0, 0.05) is 6.54 Å². The summed E-state index contributed by atoms with van der Waals surface area (Å²) in [7, 11) is -3.81. The van der Waals surface area contributed by atoms with Crippen LogP contribution < -0.4 is 10.9 Å². The summed E-state index contributed by atoms with van der Waals surface area (Å²) in [5.74, 6) is -1.55. The summed E-state index contributed by atoms with van der Waals surface area (Å²) < 4.78 is 26.7. The van der Waals surface area contributed by atoms with E-state index >= 15 is 0 Å². The van der Waals surface area contributed by atoms with E-state index in [2.05, 4.69) is 10.9 Å². The number of sulfonamides is 1. The maximum atomic E-state index is 12.8. The summed E-state index contributed by atoms with van der Waals surface area (Å²) in [6.45, 7) is 0.225. The van der Waals surface area contributed by atoms with Gasteiger partial charge in [-0.1, -0.05) is 30.3 Å². The zero-order chi connectivity index (χ0) is 19.4. The molecule has 0 aliphatic carbocycles. The molecular formula is C18H19N3O5S. The summed E-state index contributed by atoms with van der Waals surface area (Å²) in [4.78, 5) is 24.6. The molecule has 1 aliphatic rings. The van der Waals surface area contributed by atoms with Gasteiger partial charge in [0.25, 0.3) is 11.8 Å². The lowest BCUT2D eigenvalue weighted by Gasteiger charge is -2.23. The molecule has 9 heteroatoms. The average Bonchev–Trinajstić information content (AvgIpc) is 3.18. The van der Waals surface area contributed by atoms with E-state index < -0.39 is 27.9 Å². The first-order valence-electron chi connectivity index (χ1n) is 8.36. The number of phenolic OH excluding ortho intramolecular Hbond substituents is 1. The van der Waals surface area contributed by atoms with Crippen molar-refractivity contribution in [3.63, 3.8) is 0 Å². The zero-order valence-corrected chi connectivity index (χ0v) is 15.1. The highest BCUT2D eigenvalue weighted by Crippen LogP contribution is 2.26. The van der Waals surface area contributed by atoms with Crippen LogP contribution >= 0.6 is 0 Å². The lowest BCUT2D eigenvalue weighted by molar-refractivity contribution is -0.125. The van der Waals surface area contributed by atoms with Crippen LogP contribution in [0, 0.1) is 0 Å². The van der Waals surface area contributed by atoms with Gasteiger partial charge >= 0.3 is 0 Å². The summed E-state index contributed by atoms with van der Waals surface area (Å²) in [6, 6.07) is 12.9. The predicted molar refractivity (Wildman–Crippen MR) is 97.1 cm³/mol.